The van der Waals surface area contributed by atoms with E-state index < -0.39 is 23.8 Å². The number of aromatic nitrogens is 4. The van der Waals surface area contributed by atoms with E-state index in [1.54, 1.807) is 13.8 Å². The highest BCUT2D eigenvalue weighted by Crippen LogP contribution is 2.29. The van der Waals surface area contributed by atoms with E-state index in [-0.39, 0.29) is 29.1 Å². The van der Waals surface area contributed by atoms with Crippen molar-refractivity contribution in [1.82, 2.24) is 19.8 Å². The van der Waals surface area contributed by atoms with Gasteiger partial charge in [-0.05, 0) is 37.6 Å². The molecule has 11 heteroatoms. The molecule has 7 nitrogen and oxygen atoms in total. The molecular formula is C17H15F4N5O2. The van der Waals surface area contributed by atoms with Crippen molar-refractivity contribution in [1.29, 1.82) is 0 Å². The molecule has 3 aromatic rings. The quantitative estimate of drug-likeness (QED) is 0.538. The fourth-order valence-corrected chi connectivity index (χ4v) is 2.61. The second-order valence-corrected chi connectivity index (χ2v) is 6.01. The number of nitrogens with one attached hydrogen (secondary N) is 1. The van der Waals surface area contributed by atoms with Crippen LogP contribution in [0.4, 0.5) is 23.4 Å². The summed E-state index contributed by atoms with van der Waals surface area (Å²) in [7, 11) is 1.20. The topological polar surface area (TPSA) is 81.4 Å². The fraction of sp³-hybridized carbons (Fsp3) is 0.294. The first kappa shape index (κ1) is 19.5. The molecule has 3 rings (SSSR count). The Morgan fingerprint density at radius 3 is 2.57 bits per heavy atom. The smallest absolute Gasteiger partial charge is 0.453 e. The zero-order valence-corrected chi connectivity index (χ0v) is 15.1. The molecule has 0 atom stereocenters. The molecule has 2 heterocycles. The molecule has 0 bridgehead atoms. The van der Waals surface area contributed by atoms with Gasteiger partial charge < -0.3 is 10.1 Å². The zero-order chi connectivity index (χ0) is 20.6. The van der Waals surface area contributed by atoms with Gasteiger partial charge in [-0.2, -0.15) is 17.7 Å². The van der Waals surface area contributed by atoms with E-state index >= 15 is 0 Å². The normalized spacial score (nSPS) is 11.7. The number of fused-ring (bicyclic) bond motifs is 1. The van der Waals surface area contributed by atoms with E-state index in [2.05, 4.69) is 25.3 Å². The number of ether oxygens (including phenoxy) is 1. The van der Waals surface area contributed by atoms with Crippen LogP contribution in [-0.2, 0) is 17.5 Å². The molecule has 0 aliphatic heterocycles. The number of rotatable bonds is 4. The third kappa shape index (κ3) is 3.47. The Balaban J connectivity index is 1.97. The van der Waals surface area contributed by atoms with Gasteiger partial charge in [-0.25, -0.2) is 9.18 Å². The molecule has 28 heavy (non-hydrogen) atoms. The number of methoxy groups -OCH3 is 1. The van der Waals surface area contributed by atoms with Crippen LogP contribution >= 0.6 is 0 Å². The highest BCUT2D eigenvalue weighted by atomic mass is 19.4. The summed E-state index contributed by atoms with van der Waals surface area (Å²) < 4.78 is 58.5. The van der Waals surface area contributed by atoms with Crippen molar-refractivity contribution in [3.05, 3.63) is 52.1 Å². The van der Waals surface area contributed by atoms with Crippen molar-refractivity contribution in [2.24, 2.45) is 0 Å². The molecule has 0 aliphatic rings. The molecule has 148 valence electrons. The van der Waals surface area contributed by atoms with Gasteiger partial charge in [0.05, 0.1) is 12.7 Å². The summed E-state index contributed by atoms with van der Waals surface area (Å²) in [5.74, 6) is -2.37. The number of nitrogens with zero attached hydrogens (tertiary/aromatic N) is 4. The van der Waals surface area contributed by atoms with Gasteiger partial charge in [0.1, 0.15) is 5.82 Å². The first-order valence-corrected chi connectivity index (χ1v) is 8.04. The number of alkyl halides is 3. The molecule has 0 aliphatic carbocycles. The van der Waals surface area contributed by atoms with Crippen LogP contribution in [0.15, 0.2) is 18.2 Å². The van der Waals surface area contributed by atoms with Crippen LogP contribution < -0.4 is 5.32 Å². The molecule has 0 saturated carbocycles. The summed E-state index contributed by atoms with van der Waals surface area (Å²) in [6, 6.07) is 3.69. The van der Waals surface area contributed by atoms with E-state index in [9.17, 15) is 22.4 Å². The third-order valence-corrected chi connectivity index (χ3v) is 4.26. The Morgan fingerprint density at radius 2 is 1.93 bits per heavy atom. The highest BCUT2D eigenvalue weighted by Gasteiger charge is 2.38. The Bertz CT molecular complexity index is 1060. The molecule has 0 radical (unpaired) electrons. The monoisotopic (exact) mass is 397 g/mol. The van der Waals surface area contributed by atoms with Gasteiger partial charge in [-0.1, -0.05) is 0 Å². The standard InChI is InChI=1S/C17H15F4N5O2/c1-8-9(2)14-23-24-16(17(19,20)21)26(14)25-13(8)22-7-11-6-10(15(27)28-3)4-5-12(11)18/h4-6H,7H2,1-3H3,(H,22,25). The molecule has 0 unspecified atom stereocenters. The Hall–Kier alpha value is -3.24. The lowest BCUT2D eigenvalue weighted by molar-refractivity contribution is -0.146. The first-order valence-electron chi connectivity index (χ1n) is 8.04. The van der Waals surface area contributed by atoms with Gasteiger partial charge in [-0.15, -0.1) is 15.3 Å². The second kappa shape index (κ2) is 7.06. The zero-order valence-electron chi connectivity index (χ0n) is 15.1. The van der Waals surface area contributed by atoms with Gasteiger partial charge in [0, 0.05) is 17.7 Å². The Kier molecular flexibility index (Phi) is 4.92. The number of aryl methyl sites for hydroxylation is 1. The third-order valence-electron chi connectivity index (χ3n) is 4.26. The highest BCUT2D eigenvalue weighted by molar-refractivity contribution is 5.89. The minimum absolute atomic E-state index is 0.0192. The SMILES string of the molecule is COC(=O)c1ccc(F)c(CNc2nn3c(C(F)(F)F)nnc3c(C)c2C)c1. The lowest BCUT2D eigenvalue weighted by atomic mass is 10.1. The van der Waals surface area contributed by atoms with Crippen LogP contribution in [0.1, 0.15) is 32.9 Å². The Morgan fingerprint density at radius 1 is 1.21 bits per heavy atom. The average Bonchev–Trinajstić information content (AvgIpc) is 3.08. The fourth-order valence-electron chi connectivity index (χ4n) is 2.61. The van der Waals surface area contributed by atoms with Crippen molar-refractivity contribution in [2.45, 2.75) is 26.6 Å². The lowest BCUT2D eigenvalue weighted by Crippen LogP contribution is -2.15. The van der Waals surface area contributed by atoms with Gasteiger partial charge >= 0.3 is 12.1 Å². The van der Waals surface area contributed by atoms with Crippen LogP contribution in [0.5, 0.6) is 0 Å². The molecule has 1 N–H and O–H groups in total. The molecule has 1 aromatic carbocycles. The van der Waals surface area contributed by atoms with Crippen LogP contribution in [-0.4, -0.2) is 32.9 Å². The van der Waals surface area contributed by atoms with Crippen LogP contribution in [0.3, 0.4) is 0 Å². The largest absolute Gasteiger partial charge is 0.465 e. The summed E-state index contributed by atoms with van der Waals surface area (Å²) in [5, 5.41) is 13.5. The maximum Gasteiger partial charge on any atom is 0.453 e. The van der Waals surface area contributed by atoms with Crippen molar-refractivity contribution in [3.63, 3.8) is 0 Å². The van der Waals surface area contributed by atoms with Gasteiger partial charge in [0.25, 0.3) is 5.82 Å². The number of anilines is 1. The maximum atomic E-state index is 14.1. The van der Waals surface area contributed by atoms with E-state index in [1.807, 2.05) is 0 Å². The maximum absolute atomic E-state index is 14.1. The summed E-state index contributed by atoms with van der Waals surface area (Å²) in [5.41, 5.74) is 1.24. The first-order chi connectivity index (χ1) is 13.1. The Labute approximate surface area is 156 Å². The van der Waals surface area contributed by atoms with Gasteiger partial charge in [0.2, 0.25) is 0 Å². The van der Waals surface area contributed by atoms with Crippen molar-refractivity contribution >= 4 is 17.4 Å². The minimum Gasteiger partial charge on any atom is -0.465 e. The van der Waals surface area contributed by atoms with Crippen LogP contribution in [0.25, 0.3) is 5.65 Å². The van der Waals surface area contributed by atoms with E-state index in [0.29, 0.717) is 15.6 Å². The predicted molar refractivity (Wildman–Crippen MR) is 90.3 cm³/mol. The number of benzene rings is 1. The van der Waals surface area contributed by atoms with Crippen molar-refractivity contribution in [3.8, 4) is 0 Å². The van der Waals surface area contributed by atoms with E-state index in [1.165, 1.54) is 19.2 Å². The van der Waals surface area contributed by atoms with Crippen molar-refractivity contribution in [2.75, 3.05) is 12.4 Å². The predicted octanol–water partition coefficient (Wildman–Crippen LogP) is 3.30. The molecule has 0 spiro atoms. The van der Waals surface area contributed by atoms with Gasteiger partial charge in [-0.3, -0.25) is 0 Å². The number of carbonyl (C=O) groups is 1. The summed E-state index contributed by atoms with van der Waals surface area (Å²) in [6.45, 7) is 3.12. The molecule has 0 amide bonds. The number of esters is 1. The summed E-state index contributed by atoms with van der Waals surface area (Å²) >= 11 is 0. The van der Waals surface area contributed by atoms with E-state index in [4.69, 9.17) is 0 Å². The lowest BCUT2D eigenvalue weighted by Gasteiger charge is -2.13. The number of hydrogen-bond acceptors (Lipinski definition) is 6. The molecule has 2 aromatic heterocycles. The second-order valence-electron chi connectivity index (χ2n) is 6.01. The van der Waals surface area contributed by atoms with Crippen LogP contribution in [0.2, 0.25) is 0 Å². The van der Waals surface area contributed by atoms with Crippen LogP contribution in [0, 0.1) is 19.7 Å². The number of halogens is 4. The number of hydrogen-bond donors (Lipinski definition) is 1. The average molecular weight is 397 g/mol. The number of carbonyl (C=O) groups excluding carboxylic acids is 1. The van der Waals surface area contributed by atoms with Crippen molar-refractivity contribution < 1.29 is 27.1 Å². The summed E-state index contributed by atoms with van der Waals surface area (Å²) in [4.78, 5) is 11.6. The molecule has 0 fully saturated rings. The van der Waals surface area contributed by atoms with E-state index in [0.717, 1.165) is 6.07 Å². The molecule has 0 saturated heterocycles. The summed E-state index contributed by atoms with van der Waals surface area (Å²) in [6.07, 6.45) is -4.73. The molecular weight excluding hydrogens is 382 g/mol. The van der Waals surface area contributed by atoms with Gasteiger partial charge in [0.15, 0.2) is 11.5 Å². The minimum atomic E-state index is -4.73.